The fourth-order valence-corrected chi connectivity index (χ4v) is 2.62. The van der Waals surface area contributed by atoms with Gasteiger partial charge in [0.05, 0.1) is 4.47 Å². The van der Waals surface area contributed by atoms with Gasteiger partial charge in [-0.2, -0.15) is 0 Å². The van der Waals surface area contributed by atoms with E-state index in [4.69, 9.17) is 4.74 Å². The number of aryl methyl sites for hydroxylation is 1. The van der Waals surface area contributed by atoms with Crippen molar-refractivity contribution in [3.8, 4) is 5.75 Å². The lowest BCUT2D eigenvalue weighted by Gasteiger charge is -2.11. The molecule has 0 aromatic heterocycles. The van der Waals surface area contributed by atoms with E-state index in [0.717, 1.165) is 25.8 Å². The SMILES string of the molecule is C.C=C(C)COc1c(C)cc(Br)cc1Br. The zero-order valence-corrected chi connectivity index (χ0v) is 11.4. The minimum atomic E-state index is 0. The second kappa shape index (κ2) is 6.33. The topological polar surface area (TPSA) is 9.23 Å². The molecular formula is C12H16Br2O. The van der Waals surface area contributed by atoms with E-state index < -0.39 is 0 Å². The largest absolute Gasteiger partial charge is 0.488 e. The molecule has 84 valence electrons. The Labute approximate surface area is 109 Å². The van der Waals surface area contributed by atoms with Gasteiger partial charge in [0.25, 0.3) is 0 Å². The van der Waals surface area contributed by atoms with Crippen LogP contribution in [0.1, 0.15) is 19.9 Å². The van der Waals surface area contributed by atoms with Crippen molar-refractivity contribution in [2.24, 2.45) is 0 Å². The summed E-state index contributed by atoms with van der Waals surface area (Å²) in [7, 11) is 0. The van der Waals surface area contributed by atoms with E-state index in [-0.39, 0.29) is 7.43 Å². The molecule has 0 aliphatic heterocycles. The Morgan fingerprint density at radius 3 is 2.47 bits per heavy atom. The van der Waals surface area contributed by atoms with Crippen LogP contribution < -0.4 is 4.74 Å². The maximum atomic E-state index is 5.62. The van der Waals surface area contributed by atoms with Crippen LogP contribution in [-0.2, 0) is 0 Å². The Kier molecular flexibility index (Phi) is 6.22. The van der Waals surface area contributed by atoms with Crippen LogP contribution in [0.3, 0.4) is 0 Å². The van der Waals surface area contributed by atoms with Crippen molar-refractivity contribution in [2.75, 3.05) is 6.61 Å². The van der Waals surface area contributed by atoms with Gasteiger partial charge in [-0.3, -0.25) is 0 Å². The fraction of sp³-hybridized carbons (Fsp3) is 0.333. The van der Waals surface area contributed by atoms with Gasteiger partial charge in [-0.1, -0.05) is 29.9 Å². The summed E-state index contributed by atoms with van der Waals surface area (Å²) in [5, 5.41) is 0. The Hall–Kier alpha value is -0.280. The summed E-state index contributed by atoms with van der Waals surface area (Å²) in [6, 6.07) is 4.00. The minimum absolute atomic E-state index is 0. The Balaban J connectivity index is 0.00000196. The summed E-state index contributed by atoms with van der Waals surface area (Å²) in [5.41, 5.74) is 2.12. The van der Waals surface area contributed by atoms with Crippen LogP contribution in [0.15, 0.2) is 33.2 Å². The fourth-order valence-electron chi connectivity index (χ4n) is 1.07. The van der Waals surface area contributed by atoms with Gasteiger partial charge in [0.2, 0.25) is 0 Å². The molecular weight excluding hydrogens is 320 g/mol. The molecule has 0 radical (unpaired) electrons. The second-order valence-corrected chi connectivity index (χ2v) is 5.05. The number of hydrogen-bond acceptors (Lipinski definition) is 1. The van der Waals surface area contributed by atoms with Crippen molar-refractivity contribution < 1.29 is 4.74 Å². The van der Waals surface area contributed by atoms with Gasteiger partial charge >= 0.3 is 0 Å². The Bertz CT molecular complexity index is 336. The first-order valence-electron chi connectivity index (χ1n) is 4.23. The second-order valence-electron chi connectivity index (χ2n) is 3.28. The molecule has 0 spiro atoms. The molecule has 3 heteroatoms. The average Bonchev–Trinajstić information content (AvgIpc) is 2.01. The minimum Gasteiger partial charge on any atom is -0.488 e. The summed E-state index contributed by atoms with van der Waals surface area (Å²) in [6.45, 7) is 8.32. The lowest BCUT2D eigenvalue weighted by molar-refractivity contribution is 0.348. The lowest BCUT2D eigenvalue weighted by atomic mass is 10.2. The molecule has 0 heterocycles. The number of halogens is 2. The van der Waals surface area contributed by atoms with Gasteiger partial charge in [0.1, 0.15) is 12.4 Å². The molecule has 0 fully saturated rings. The summed E-state index contributed by atoms with van der Waals surface area (Å²) < 4.78 is 7.63. The number of ether oxygens (including phenoxy) is 1. The normalized spacial score (nSPS) is 9.33. The third kappa shape index (κ3) is 4.39. The molecule has 0 aliphatic carbocycles. The molecule has 1 aromatic rings. The first-order valence-corrected chi connectivity index (χ1v) is 5.82. The van der Waals surface area contributed by atoms with E-state index >= 15 is 0 Å². The smallest absolute Gasteiger partial charge is 0.136 e. The molecule has 0 amide bonds. The van der Waals surface area contributed by atoms with Crippen molar-refractivity contribution in [1.82, 2.24) is 0 Å². The highest BCUT2D eigenvalue weighted by atomic mass is 79.9. The van der Waals surface area contributed by atoms with E-state index in [1.165, 1.54) is 0 Å². The van der Waals surface area contributed by atoms with E-state index in [9.17, 15) is 0 Å². The number of rotatable bonds is 3. The van der Waals surface area contributed by atoms with E-state index in [0.29, 0.717) is 6.61 Å². The third-order valence-corrected chi connectivity index (χ3v) is 2.70. The zero-order chi connectivity index (χ0) is 10.7. The van der Waals surface area contributed by atoms with Crippen LogP contribution in [-0.4, -0.2) is 6.61 Å². The standard InChI is InChI=1S/C11H12Br2O.CH4/c1-7(2)6-14-11-8(3)4-9(12)5-10(11)13;/h4-5H,1,6H2,2-3H3;1H4. The van der Waals surface area contributed by atoms with Gasteiger partial charge < -0.3 is 4.74 Å². The predicted octanol–water partition coefficient (Wildman–Crippen LogP) is 5.11. The lowest BCUT2D eigenvalue weighted by Crippen LogP contribution is -1.99. The molecule has 0 saturated heterocycles. The highest BCUT2D eigenvalue weighted by Crippen LogP contribution is 2.32. The molecule has 1 aromatic carbocycles. The van der Waals surface area contributed by atoms with Crippen molar-refractivity contribution in [3.05, 3.63) is 38.8 Å². The maximum absolute atomic E-state index is 5.62. The first kappa shape index (κ1) is 14.7. The molecule has 0 atom stereocenters. The van der Waals surface area contributed by atoms with Crippen LogP contribution in [0.5, 0.6) is 5.75 Å². The van der Waals surface area contributed by atoms with Gasteiger partial charge in [0, 0.05) is 4.47 Å². The zero-order valence-electron chi connectivity index (χ0n) is 8.23. The van der Waals surface area contributed by atoms with Gasteiger partial charge in [-0.15, -0.1) is 0 Å². The molecule has 0 unspecified atom stereocenters. The van der Waals surface area contributed by atoms with Gasteiger partial charge in [-0.25, -0.2) is 0 Å². The highest BCUT2D eigenvalue weighted by Gasteiger charge is 2.06. The molecule has 1 rings (SSSR count). The van der Waals surface area contributed by atoms with Crippen LogP contribution in [0.2, 0.25) is 0 Å². The summed E-state index contributed by atoms with van der Waals surface area (Å²) in [6.07, 6.45) is 0. The quantitative estimate of drug-likeness (QED) is 0.697. The van der Waals surface area contributed by atoms with Gasteiger partial charge in [0.15, 0.2) is 0 Å². The molecule has 0 aliphatic rings. The van der Waals surface area contributed by atoms with Crippen LogP contribution in [0, 0.1) is 6.92 Å². The summed E-state index contributed by atoms with van der Waals surface area (Å²) in [5.74, 6) is 0.885. The van der Waals surface area contributed by atoms with Crippen molar-refractivity contribution >= 4 is 31.9 Å². The average molecular weight is 336 g/mol. The van der Waals surface area contributed by atoms with Crippen molar-refractivity contribution in [3.63, 3.8) is 0 Å². The predicted molar refractivity (Wildman–Crippen MR) is 73.6 cm³/mol. The Morgan fingerprint density at radius 2 is 2.00 bits per heavy atom. The van der Waals surface area contributed by atoms with Crippen molar-refractivity contribution in [1.29, 1.82) is 0 Å². The monoisotopic (exact) mass is 334 g/mol. The molecule has 0 saturated carbocycles. The van der Waals surface area contributed by atoms with Crippen molar-refractivity contribution in [2.45, 2.75) is 21.3 Å². The van der Waals surface area contributed by atoms with E-state index in [1.54, 1.807) is 0 Å². The maximum Gasteiger partial charge on any atom is 0.136 e. The van der Waals surface area contributed by atoms with E-state index in [2.05, 4.69) is 38.4 Å². The molecule has 0 bridgehead atoms. The van der Waals surface area contributed by atoms with Crippen LogP contribution >= 0.6 is 31.9 Å². The van der Waals surface area contributed by atoms with Crippen LogP contribution in [0.25, 0.3) is 0 Å². The highest BCUT2D eigenvalue weighted by molar-refractivity contribution is 9.11. The van der Waals surface area contributed by atoms with Crippen LogP contribution in [0.4, 0.5) is 0 Å². The van der Waals surface area contributed by atoms with Gasteiger partial charge in [-0.05, 0) is 53.0 Å². The molecule has 1 nitrogen and oxygen atoms in total. The molecule has 15 heavy (non-hydrogen) atoms. The number of benzene rings is 1. The summed E-state index contributed by atoms with van der Waals surface area (Å²) in [4.78, 5) is 0. The number of hydrogen-bond donors (Lipinski definition) is 0. The Morgan fingerprint density at radius 1 is 1.40 bits per heavy atom. The van der Waals surface area contributed by atoms with E-state index in [1.807, 2.05) is 26.0 Å². The first-order chi connectivity index (χ1) is 6.50. The molecule has 0 N–H and O–H groups in total. The third-order valence-electron chi connectivity index (χ3n) is 1.66. The summed E-state index contributed by atoms with van der Waals surface area (Å²) >= 11 is 6.89.